The zero-order chi connectivity index (χ0) is 8.97. The van der Waals surface area contributed by atoms with Crippen molar-refractivity contribution in [2.45, 2.75) is 13.0 Å². The maximum absolute atomic E-state index is 8.39. The molecule has 1 aromatic rings. The largest absolute Gasteiger partial charge is 0.317 e. The van der Waals surface area contributed by atoms with E-state index in [1.165, 1.54) is 0 Å². The molecule has 0 bridgehead atoms. The number of rotatable bonds is 2. The van der Waals surface area contributed by atoms with E-state index in [2.05, 4.69) is 21.2 Å². The number of nitriles is 1. The predicted octanol–water partition coefficient (Wildman–Crippen LogP) is 2.58. The number of nitrogens with zero attached hydrogens (tertiary/aromatic N) is 1. The lowest BCUT2D eigenvalue weighted by molar-refractivity contribution is 0.697. The van der Waals surface area contributed by atoms with Crippen LogP contribution in [0.25, 0.3) is 0 Å². The van der Waals surface area contributed by atoms with Crippen LogP contribution in [-0.4, -0.2) is 0 Å². The molecule has 1 N–H and O–H groups in total. The zero-order valence-corrected chi connectivity index (χ0v) is 8.30. The molecule has 0 amide bonds. The van der Waals surface area contributed by atoms with E-state index in [9.17, 15) is 0 Å². The van der Waals surface area contributed by atoms with E-state index in [0.29, 0.717) is 0 Å². The second-order valence-corrected chi connectivity index (χ2v) is 3.45. The van der Waals surface area contributed by atoms with Crippen LogP contribution in [0, 0.1) is 11.5 Å². The highest BCUT2D eigenvalue weighted by Gasteiger charge is 2.02. The minimum Gasteiger partial charge on any atom is -0.317 e. The summed E-state index contributed by atoms with van der Waals surface area (Å²) in [6.07, 6.45) is 1.92. The summed E-state index contributed by atoms with van der Waals surface area (Å²) in [5.41, 5.74) is 1.10. The fourth-order valence-corrected chi connectivity index (χ4v) is 1.37. The molecule has 1 atom stereocenters. The van der Waals surface area contributed by atoms with Crippen LogP contribution in [0.1, 0.15) is 18.5 Å². The van der Waals surface area contributed by atoms with Crippen LogP contribution >= 0.6 is 15.9 Å². The molecule has 1 aromatic carbocycles. The summed E-state index contributed by atoms with van der Waals surface area (Å²) >= 11 is 3.37. The second kappa shape index (κ2) is 4.13. The van der Waals surface area contributed by atoms with Gasteiger partial charge in [-0.25, -0.2) is 0 Å². The van der Waals surface area contributed by atoms with E-state index in [0.717, 1.165) is 10.0 Å². The molecule has 1 unspecified atom stereocenters. The van der Waals surface area contributed by atoms with Crippen LogP contribution in [0.15, 0.2) is 28.7 Å². The third-order valence-electron chi connectivity index (χ3n) is 1.63. The molecule has 62 valence electrons. The van der Waals surface area contributed by atoms with Crippen LogP contribution in [0.4, 0.5) is 0 Å². The molecule has 0 aliphatic rings. The number of benzene rings is 1. The molecule has 0 saturated carbocycles. The molecule has 0 aliphatic heterocycles. The van der Waals surface area contributed by atoms with Gasteiger partial charge in [0, 0.05) is 4.47 Å². The Morgan fingerprint density at radius 3 is 2.92 bits per heavy atom. The Bertz CT molecular complexity index is 304. The van der Waals surface area contributed by atoms with Gasteiger partial charge < -0.3 is 5.32 Å². The first-order valence-electron chi connectivity index (χ1n) is 3.64. The van der Waals surface area contributed by atoms with Gasteiger partial charge in [-0.05, 0) is 24.6 Å². The molecular weight excluding hydrogens is 216 g/mol. The smallest absolute Gasteiger partial charge is 0.177 e. The number of hydrogen-bond donors (Lipinski definition) is 1. The quantitative estimate of drug-likeness (QED) is 0.620. The van der Waals surface area contributed by atoms with Crippen LogP contribution in [0.5, 0.6) is 0 Å². The van der Waals surface area contributed by atoms with Gasteiger partial charge in [-0.2, -0.15) is 5.26 Å². The topological polar surface area (TPSA) is 35.8 Å². The SMILES string of the molecule is CC(NC#N)c1cccc(Br)c1. The Balaban J connectivity index is 2.82. The Kier molecular flexibility index (Phi) is 3.12. The summed E-state index contributed by atoms with van der Waals surface area (Å²) in [7, 11) is 0. The first kappa shape index (κ1) is 9.08. The van der Waals surface area contributed by atoms with E-state index in [4.69, 9.17) is 5.26 Å². The van der Waals surface area contributed by atoms with E-state index in [-0.39, 0.29) is 6.04 Å². The highest BCUT2D eigenvalue weighted by atomic mass is 79.9. The van der Waals surface area contributed by atoms with Gasteiger partial charge in [-0.3, -0.25) is 0 Å². The first-order chi connectivity index (χ1) is 5.74. The van der Waals surface area contributed by atoms with E-state index in [1.54, 1.807) is 0 Å². The van der Waals surface area contributed by atoms with Gasteiger partial charge in [0.05, 0.1) is 6.04 Å². The summed E-state index contributed by atoms with van der Waals surface area (Å²) in [6, 6.07) is 7.97. The number of halogens is 1. The summed E-state index contributed by atoms with van der Waals surface area (Å²) in [5.74, 6) is 0. The Morgan fingerprint density at radius 2 is 2.33 bits per heavy atom. The van der Waals surface area contributed by atoms with Crippen LogP contribution in [0.3, 0.4) is 0 Å². The third-order valence-corrected chi connectivity index (χ3v) is 2.12. The molecule has 0 saturated heterocycles. The van der Waals surface area contributed by atoms with E-state index >= 15 is 0 Å². The minimum atomic E-state index is 0.0764. The van der Waals surface area contributed by atoms with Crippen molar-refractivity contribution in [1.29, 1.82) is 5.26 Å². The summed E-state index contributed by atoms with van der Waals surface area (Å²) in [4.78, 5) is 0. The van der Waals surface area contributed by atoms with Crippen molar-refractivity contribution in [1.82, 2.24) is 5.32 Å². The van der Waals surface area contributed by atoms with Gasteiger partial charge in [0.15, 0.2) is 6.19 Å². The molecule has 0 fully saturated rings. The highest BCUT2D eigenvalue weighted by molar-refractivity contribution is 9.10. The lowest BCUT2D eigenvalue weighted by atomic mass is 10.1. The van der Waals surface area contributed by atoms with Gasteiger partial charge in [-0.1, -0.05) is 28.1 Å². The molecule has 0 heterocycles. The molecule has 0 aliphatic carbocycles. The maximum Gasteiger partial charge on any atom is 0.177 e. The van der Waals surface area contributed by atoms with Crippen molar-refractivity contribution >= 4 is 15.9 Å². The molecule has 0 spiro atoms. The fraction of sp³-hybridized carbons (Fsp3) is 0.222. The predicted molar refractivity (Wildman–Crippen MR) is 51.3 cm³/mol. The van der Waals surface area contributed by atoms with Gasteiger partial charge in [0.25, 0.3) is 0 Å². The lowest BCUT2D eigenvalue weighted by Crippen LogP contribution is -2.11. The van der Waals surface area contributed by atoms with Crippen LogP contribution in [0.2, 0.25) is 0 Å². The summed E-state index contributed by atoms with van der Waals surface area (Å²) in [5, 5.41) is 11.1. The molecule has 2 nitrogen and oxygen atoms in total. The highest BCUT2D eigenvalue weighted by Crippen LogP contribution is 2.17. The second-order valence-electron chi connectivity index (χ2n) is 2.53. The van der Waals surface area contributed by atoms with Gasteiger partial charge in [0.2, 0.25) is 0 Å². The van der Waals surface area contributed by atoms with Crippen molar-refractivity contribution in [3.8, 4) is 6.19 Å². The summed E-state index contributed by atoms with van der Waals surface area (Å²) in [6.45, 7) is 1.95. The Morgan fingerprint density at radius 1 is 1.58 bits per heavy atom. The van der Waals surface area contributed by atoms with Crippen molar-refractivity contribution in [2.75, 3.05) is 0 Å². The molecule has 0 aromatic heterocycles. The van der Waals surface area contributed by atoms with E-state index in [1.807, 2.05) is 37.4 Å². The molecule has 0 radical (unpaired) electrons. The van der Waals surface area contributed by atoms with Gasteiger partial charge in [0.1, 0.15) is 0 Å². The first-order valence-corrected chi connectivity index (χ1v) is 4.43. The fourth-order valence-electron chi connectivity index (χ4n) is 0.956. The van der Waals surface area contributed by atoms with Crippen molar-refractivity contribution < 1.29 is 0 Å². The van der Waals surface area contributed by atoms with Crippen molar-refractivity contribution in [3.63, 3.8) is 0 Å². The Hall–Kier alpha value is -1.01. The van der Waals surface area contributed by atoms with E-state index < -0.39 is 0 Å². The van der Waals surface area contributed by atoms with Crippen molar-refractivity contribution in [2.24, 2.45) is 0 Å². The minimum absolute atomic E-state index is 0.0764. The standard InChI is InChI=1S/C9H9BrN2/c1-7(12-6-11)8-3-2-4-9(10)5-8/h2-5,7,12H,1H3. The molecule has 12 heavy (non-hydrogen) atoms. The maximum atomic E-state index is 8.39. The number of hydrogen-bond acceptors (Lipinski definition) is 2. The van der Waals surface area contributed by atoms with Crippen LogP contribution in [-0.2, 0) is 0 Å². The molecule has 3 heteroatoms. The van der Waals surface area contributed by atoms with Gasteiger partial charge in [-0.15, -0.1) is 0 Å². The average molecular weight is 225 g/mol. The Labute approximate surface area is 80.3 Å². The number of nitrogens with one attached hydrogen (secondary N) is 1. The van der Waals surface area contributed by atoms with Gasteiger partial charge >= 0.3 is 0 Å². The van der Waals surface area contributed by atoms with Crippen LogP contribution < -0.4 is 5.32 Å². The molecule has 1 rings (SSSR count). The zero-order valence-electron chi connectivity index (χ0n) is 6.71. The monoisotopic (exact) mass is 224 g/mol. The third kappa shape index (κ3) is 2.24. The summed E-state index contributed by atoms with van der Waals surface area (Å²) < 4.78 is 1.03. The average Bonchev–Trinajstić information content (AvgIpc) is 2.05. The normalized spacial score (nSPS) is 11.8. The van der Waals surface area contributed by atoms with Crippen molar-refractivity contribution in [3.05, 3.63) is 34.3 Å². The molecular formula is C9H9BrN2. The lowest BCUT2D eigenvalue weighted by Gasteiger charge is -2.08.